The number of sulfonamides is 1. The first-order valence-corrected chi connectivity index (χ1v) is 10.6. The summed E-state index contributed by atoms with van der Waals surface area (Å²) in [6.45, 7) is 0.456. The molecule has 4 rings (SSSR count). The lowest BCUT2D eigenvalue weighted by Gasteiger charge is -2.27. The van der Waals surface area contributed by atoms with Gasteiger partial charge in [0.05, 0.1) is 10.9 Å². The fourth-order valence-corrected chi connectivity index (χ4v) is 5.19. The van der Waals surface area contributed by atoms with Crippen molar-refractivity contribution in [3.8, 4) is 0 Å². The number of hydrogen-bond donors (Lipinski definition) is 1. The molecule has 0 aliphatic carbocycles. The molecule has 0 amide bonds. The summed E-state index contributed by atoms with van der Waals surface area (Å²) in [4.78, 5) is 0.0362. The first-order chi connectivity index (χ1) is 13.5. The molecule has 2 atom stereocenters. The Bertz CT molecular complexity index is 1060. The highest BCUT2D eigenvalue weighted by atomic mass is 35.5. The Kier molecular flexibility index (Phi) is 5.21. The smallest absolute Gasteiger partial charge is 0.240 e. The summed E-state index contributed by atoms with van der Waals surface area (Å²) in [7, 11) is -3.88. The molecule has 0 bridgehead atoms. The maximum atomic E-state index is 13.3. The Labute approximate surface area is 168 Å². The molecule has 144 valence electrons. The van der Waals surface area contributed by atoms with E-state index in [0.29, 0.717) is 11.6 Å². The molecule has 1 aliphatic heterocycles. The normalized spacial score (nSPS) is 20.4. The molecular weight excluding hydrogens is 399 g/mol. The zero-order chi connectivity index (χ0) is 19.7. The summed E-state index contributed by atoms with van der Waals surface area (Å²) >= 11 is 6.03. The van der Waals surface area contributed by atoms with Crippen LogP contribution >= 0.6 is 11.6 Å². The van der Waals surface area contributed by atoms with E-state index in [0.717, 1.165) is 23.3 Å². The third-order valence-electron chi connectivity index (χ3n) is 4.91. The molecule has 1 heterocycles. The molecule has 2 unspecified atom stereocenters. The molecule has 0 radical (unpaired) electrons. The van der Waals surface area contributed by atoms with Crippen molar-refractivity contribution in [3.05, 3.63) is 101 Å². The number of halogens is 2. The number of hydrogen-bond acceptors (Lipinski definition) is 3. The van der Waals surface area contributed by atoms with Gasteiger partial charge in [-0.15, -0.1) is 4.41 Å². The molecule has 0 saturated carbocycles. The van der Waals surface area contributed by atoms with Gasteiger partial charge in [-0.3, -0.25) is 0 Å². The highest BCUT2D eigenvalue weighted by molar-refractivity contribution is 7.89. The largest absolute Gasteiger partial charge is 0.256 e. The van der Waals surface area contributed by atoms with E-state index in [-0.39, 0.29) is 10.8 Å². The zero-order valence-electron chi connectivity index (χ0n) is 14.8. The zero-order valence-corrected chi connectivity index (χ0v) is 16.4. The van der Waals surface area contributed by atoms with Gasteiger partial charge in [0, 0.05) is 17.5 Å². The van der Waals surface area contributed by atoms with Crippen molar-refractivity contribution in [1.82, 2.24) is 9.84 Å². The molecule has 1 fully saturated rings. The summed E-state index contributed by atoms with van der Waals surface area (Å²) in [6.07, 6.45) is 0. The van der Waals surface area contributed by atoms with Crippen LogP contribution < -0.4 is 5.43 Å². The van der Waals surface area contributed by atoms with Gasteiger partial charge in [-0.2, -0.15) is 0 Å². The van der Waals surface area contributed by atoms with Crippen molar-refractivity contribution >= 4 is 21.6 Å². The van der Waals surface area contributed by atoms with E-state index in [1.165, 1.54) is 16.5 Å². The molecule has 0 aromatic heterocycles. The van der Waals surface area contributed by atoms with E-state index < -0.39 is 21.9 Å². The van der Waals surface area contributed by atoms with Crippen LogP contribution in [0.4, 0.5) is 4.39 Å². The van der Waals surface area contributed by atoms with E-state index in [9.17, 15) is 12.8 Å². The summed E-state index contributed by atoms with van der Waals surface area (Å²) in [5.41, 5.74) is 4.90. The predicted molar refractivity (Wildman–Crippen MR) is 107 cm³/mol. The second-order valence-corrected chi connectivity index (χ2v) is 8.88. The number of hydrazine groups is 1. The van der Waals surface area contributed by atoms with Gasteiger partial charge in [-0.05, 0) is 47.5 Å². The number of rotatable bonds is 4. The standard InChI is InChI=1S/C21H18ClFN2O2S/c22-17-8-6-16(7-9-17)21-20(15-4-2-1-3-5-15)14-24-25(21)28(26,27)19-12-10-18(23)11-13-19/h1-13,20-21,24H,14H2. The fraction of sp³-hybridized carbons (Fsp3) is 0.143. The van der Waals surface area contributed by atoms with Crippen LogP contribution in [0.15, 0.2) is 83.8 Å². The van der Waals surface area contributed by atoms with Gasteiger partial charge in [0.25, 0.3) is 10.0 Å². The van der Waals surface area contributed by atoms with Crippen molar-refractivity contribution in [2.24, 2.45) is 0 Å². The minimum absolute atomic E-state index is 0.0362. The van der Waals surface area contributed by atoms with Crippen LogP contribution in [0.25, 0.3) is 0 Å². The number of nitrogens with zero attached hydrogens (tertiary/aromatic N) is 1. The second-order valence-electron chi connectivity index (χ2n) is 6.63. The van der Waals surface area contributed by atoms with Crippen LogP contribution in [-0.2, 0) is 10.0 Å². The topological polar surface area (TPSA) is 49.4 Å². The molecule has 4 nitrogen and oxygen atoms in total. The molecular formula is C21H18ClFN2O2S. The Morgan fingerprint density at radius 3 is 2.18 bits per heavy atom. The van der Waals surface area contributed by atoms with Crippen LogP contribution in [0.3, 0.4) is 0 Å². The van der Waals surface area contributed by atoms with E-state index in [1.54, 1.807) is 12.1 Å². The number of nitrogens with one attached hydrogen (secondary N) is 1. The SMILES string of the molecule is O=S(=O)(c1ccc(F)cc1)N1NCC(c2ccccc2)C1c1ccc(Cl)cc1. The summed E-state index contributed by atoms with van der Waals surface area (Å²) < 4.78 is 41.1. The average Bonchev–Trinajstić information content (AvgIpc) is 3.15. The van der Waals surface area contributed by atoms with Crippen LogP contribution in [-0.4, -0.2) is 19.4 Å². The molecule has 3 aromatic carbocycles. The third-order valence-corrected chi connectivity index (χ3v) is 6.90. The second kappa shape index (κ2) is 7.64. The van der Waals surface area contributed by atoms with Gasteiger partial charge in [0.2, 0.25) is 0 Å². The van der Waals surface area contributed by atoms with Gasteiger partial charge >= 0.3 is 0 Å². The Morgan fingerprint density at radius 1 is 0.893 bits per heavy atom. The highest BCUT2D eigenvalue weighted by Crippen LogP contribution is 2.41. The van der Waals surface area contributed by atoms with E-state index in [4.69, 9.17) is 11.6 Å². The molecule has 1 saturated heterocycles. The van der Waals surface area contributed by atoms with Crippen molar-refractivity contribution in [2.45, 2.75) is 16.9 Å². The molecule has 28 heavy (non-hydrogen) atoms. The maximum Gasteiger partial charge on any atom is 0.256 e. The van der Waals surface area contributed by atoms with Crippen LogP contribution in [0, 0.1) is 5.82 Å². The summed E-state index contributed by atoms with van der Waals surface area (Å²) in [6, 6.07) is 21.3. The lowest BCUT2D eigenvalue weighted by molar-refractivity contribution is 0.319. The van der Waals surface area contributed by atoms with Crippen molar-refractivity contribution < 1.29 is 12.8 Å². The first kappa shape index (κ1) is 19.1. The van der Waals surface area contributed by atoms with Gasteiger partial charge in [0.15, 0.2) is 0 Å². The van der Waals surface area contributed by atoms with Gasteiger partial charge in [-0.1, -0.05) is 54.1 Å². The first-order valence-electron chi connectivity index (χ1n) is 8.81. The van der Waals surface area contributed by atoms with Crippen molar-refractivity contribution in [1.29, 1.82) is 0 Å². The maximum absolute atomic E-state index is 13.3. The van der Waals surface area contributed by atoms with Crippen molar-refractivity contribution in [2.75, 3.05) is 6.54 Å². The minimum Gasteiger partial charge on any atom is -0.240 e. The quantitative estimate of drug-likeness (QED) is 0.680. The van der Waals surface area contributed by atoms with Gasteiger partial charge < -0.3 is 0 Å². The molecule has 0 spiro atoms. The third kappa shape index (κ3) is 3.56. The lowest BCUT2D eigenvalue weighted by Crippen LogP contribution is -2.38. The molecule has 3 aromatic rings. The van der Waals surface area contributed by atoms with Crippen LogP contribution in [0.2, 0.25) is 5.02 Å². The predicted octanol–water partition coefficient (Wildman–Crippen LogP) is 4.51. The Morgan fingerprint density at radius 2 is 1.54 bits per heavy atom. The molecule has 1 aliphatic rings. The van der Waals surface area contributed by atoms with E-state index in [1.807, 2.05) is 42.5 Å². The lowest BCUT2D eigenvalue weighted by atomic mass is 9.89. The molecule has 1 N–H and O–H groups in total. The van der Waals surface area contributed by atoms with Gasteiger partial charge in [-0.25, -0.2) is 18.2 Å². The highest BCUT2D eigenvalue weighted by Gasteiger charge is 2.43. The van der Waals surface area contributed by atoms with Gasteiger partial charge in [0.1, 0.15) is 5.82 Å². The molecule has 7 heteroatoms. The van der Waals surface area contributed by atoms with Crippen LogP contribution in [0.5, 0.6) is 0 Å². The Balaban J connectivity index is 1.79. The summed E-state index contributed by atoms with van der Waals surface area (Å²) in [5, 5.41) is 0.582. The average molecular weight is 417 g/mol. The number of benzene rings is 3. The monoisotopic (exact) mass is 416 g/mol. The minimum atomic E-state index is -3.88. The fourth-order valence-electron chi connectivity index (χ4n) is 3.54. The van der Waals surface area contributed by atoms with E-state index in [2.05, 4.69) is 5.43 Å². The Hall–Kier alpha value is -2.25. The summed E-state index contributed by atoms with van der Waals surface area (Å²) in [5.74, 6) is -0.567. The van der Waals surface area contributed by atoms with Crippen molar-refractivity contribution in [3.63, 3.8) is 0 Å². The van der Waals surface area contributed by atoms with Crippen LogP contribution in [0.1, 0.15) is 23.1 Å². The van der Waals surface area contributed by atoms with E-state index >= 15 is 0 Å².